The molecule has 1 aliphatic rings. The zero-order valence-electron chi connectivity index (χ0n) is 10.9. The maximum atomic E-state index is 12.1. The Morgan fingerprint density at radius 2 is 2.26 bits per heavy atom. The van der Waals surface area contributed by atoms with Gasteiger partial charge in [-0.3, -0.25) is 4.79 Å². The molecule has 1 unspecified atom stereocenters. The van der Waals surface area contributed by atoms with Gasteiger partial charge in [0.2, 0.25) is 0 Å². The Bertz CT molecular complexity index is 465. The van der Waals surface area contributed by atoms with Crippen LogP contribution < -0.4 is 9.64 Å². The molecule has 19 heavy (non-hydrogen) atoms. The number of anilines is 1. The van der Waals surface area contributed by atoms with Crippen LogP contribution in [0.5, 0.6) is 5.75 Å². The first-order valence-electron chi connectivity index (χ1n) is 6.44. The Labute approximate surface area is 130 Å². The molecule has 0 aliphatic carbocycles. The summed E-state index contributed by atoms with van der Waals surface area (Å²) in [5.74, 6) is 1.29. The first-order chi connectivity index (χ1) is 9.15. The van der Waals surface area contributed by atoms with Crippen LogP contribution in [0.15, 0.2) is 22.7 Å². The Kier molecular flexibility index (Phi) is 5.28. The second-order valence-corrected chi connectivity index (χ2v) is 6.28. The van der Waals surface area contributed by atoms with E-state index < -0.39 is 0 Å². The number of rotatable bonds is 5. The molecule has 2 rings (SSSR count). The molecular formula is C14H17Br2NO2. The number of nitrogens with zero attached hydrogens (tertiary/aromatic N) is 1. The smallest absolute Gasteiger partial charge is 0.265 e. The molecule has 0 N–H and O–H groups in total. The van der Waals surface area contributed by atoms with Crippen molar-refractivity contribution in [1.82, 2.24) is 0 Å². The van der Waals surface area contributed by atoms with E-state index in [4.69, 9.17) is 4.74 Å². The van der Waals surface area contributed by atoms with Crippen LogP contribution in [-0.2, 0) is 4.79 Å². The van der Waals surface area contributed by atoms with E-state index in [1.54, 1.807) is 0 Å². The molecule has 3 nitrogen and oxygen atoms in total. The number of carbonyl (C=O) groups excluding carboxylic acids is 1. The summed E-state index contributed by atoms with van der Waals surface area (Å²) in [4.78, 5) is 13.9. The van der Waals surface area contributed by atoms with Crippen LogP contribution in [0.1, 0.15) is 19.8 Å². The number of benzene rings is 1. The molecule has 0 bridgehead atoms. The predicted octanol–water partition coefficient (Wildman–Crippen LogP) is 3.99. The molecule has 0 radical (unpaired) electrons. The van der Waals surface area contributed by atoms with Crippen molar-refractivity contribution in [3.8, 4) is 5.75 Å². The molecule has 1 aliphatic heterocycles. The molecule has 5 heteroatoms. The van der Waals surface area contributed by atoms with E-state index in [9.17, 15) is 4.79 Å². The summed E-state index contributed by atoms with van der Waals surface area (Å²) in [5.41, 5.74) is 0.868. The zero-order valence-corrected chi connectivity index (χ0v) is 14.0. The maximum Gasteiger partial charge on any atom is 0.265 e. The third-order valence-corrected chi connectivity index (χ3v) is 4.63. The topological polar surface area (TPSA) is 29.5 Å². The van der Waals surface area contributed by atoms with E-state index in [0.717, 1.165) is 40.6 Å². The van der Waals surface area contributed by atoms with Crippen molar-refractivity contribution in [3.63, 3.8) is 0 Å². The summed E-state index contributed by atoms with van der Waals surface area (Å²) in [5, 5.41) is 0.912. The number of amides is 1. The van der Waals surface area contributed by atoms with E-state index >= 15 is 0 Å². The molecular weight excluding hydrogens is 374 g/mol. The highest BCUT2D eigenvalue weighted by Crippen LogP contribution is 2.35. The van der Waals surface area contributed by atoms with Gasteiger partial charge in [0.25, 0.3) is 5.91 Å². The molecule has 0 fully saturated rings. The van der Waals surface area contributed by atoms with Gasteiger partial charge in [0.15, 0.2) is 6.61 Å². The number of ether oxygens (including phenoxy) is 1. The molecule has 0 saturated heterocycles. The molecule has 1 atom stereocenters. The lowest BCUT2D eigenvalue weighted by molar-refractivity contribution is -0.121. The lowest BCUT2D eigenvalue weighted by Crippen LogP contribution is -2.42. The lowest BCUT2D eigenvalue weighted by atomic mass is 10.0. The third kappa shape index (κ3) is 3.51. The van der Waals surface area contributed by atoms with Gasteiger partial charge in [0.05, 0.1) is 5.69 Å². The SMILES string of the molecule is CCCC(CBr)CN1C(=O)COc2ccc(Br)cc21. The first kappa shape index (κ1) is 14.9. The number of hydrogen-bond donors (Lipinski definition) is 0. The van der Waals surface area contributed by atoms with Gasteiger partial charge < -0.3 is 9.64 Å². The molecule has 1 aromatic carbocycles. The Morgan fingerprint density at radius 1 is 1.47 bits per heavy atom. The van der Waals surface area contributed by atoms with Crippen LogP contribution in [0, 0.1) is 5.92 Å². The van der Waals surface area contributed by atoms with Crippen molar-refractivity contribution in [2.24, 2.45) is 5.92 Å². The minimum atomic E-state index is 0.0349. The molecule has 0 aromatic heterocycles. The highest BCUT2D eigenvalue weighted by molar-refractivity contribution is 9.10. The van der Waals surface area contributed by atoms with Crippen LogP contribution in [0.25, 0.3) is 0 Å². The van der Waals surface area contributed by atoms with Gasteiger partial charge in [0, 0.05) is 16.3 Å². The average molecular weight is 391 g/mol. The summed E-state index contributed by atoms with van der Waals surface area (Å²) in [6, 6.07) is 5.78. The Balaban J connectivity index is 2.24. The average Bonchev–Trinajstić information content (AvgIpc) is 2.41. The number of carbonyl (C=O) groups is 1. The monoisotopic (exact) mass is 389 g/mol. The van der Waals surface area contributed by atoms with Crippen LogP contribution in [-0.4, -0.2) is 24.4 Å². The largest absolute Gasteiger partial charge is 0.482 e. The van der Waals surface area contributed by atoms with Crippen molar-refractivity contribution < 1.29 is 9.53 Å². The normalized spacial score (nSPS) is 15.9. The standard InChI is InChI=1S/C14H17Br2NO2/c1-2-3-10(7-15)8-17-12-6-11(16)4-5-13(12)19-9-14(17)18/h4-6,10H,2-3,7-9H2,1H3. The lowest BCUT2D eigenvalue weighted by Gasteiger charge is -2.32. The number of alkyl halides is 1. The Morgan fingerprint density at radius 3 is 2.95 bits per heavy atom. The fraction of sp³-hybridized carbons (Fsp3) is 0.500. The summed E-state index contributed by atoms with van der Waals surface area (Å²) in [7, 11) is 0. The highest BCUT2D eigenvalue weighted by atomic mass is 79.9. The number of fused-ring (bicyclic) bond motifs is 1. The summed E-state index contributed by atoms with van der Waals surface area (Å²) in [6.07, 6.45) is 2.24. The quantitative estimate of drug-likeness (QED) is 0.711. The maximum absolute atomic E-state index is 12.1. The fourth-order valence-electron chi connectivity index (χ4n) is 2.26. The highest BCUT2D eigenvalue weighted by Gasteiger charge is 2.27. The van der Waals surface area contributed by atoms with E-state index in [0.29, 0.717) is 5.92 Å². The summed E-state index contributed by atoms with van der Waals surface area (Å²) >= 11 is 6.99. The molecule has 1 amide bonds. The predicted molar refractivity (Wildman–Crippen MR) is 84.2 cm³/mol. The number of hydrogen-bond acceptors (Lipinski definition) is 2. The van der Waals surface area contributed by atoms with E-state index in [2.05, 4.69) is 38.8 Å². The van der Waals surface area contributed by atoms with Gasteiger partial charge in [-0.1, -0.05) is 45.2 Å². The third-order valence-electron chi connectivity index (χ3n) is 3.22. The van der Waals surface area contributed by atoms with E-state index in [1.165, 1.54) is 0 Å². The zero-order chi connectivity index (χ0) is 13.8. The van der Waals surface area contributed by atoms with Crippen LogP contribution in [0.4, 0.5) is 5.69 Å². The molecule has 104 valence electrons. The molecule has 1 aromatic rings. The molecule has 0 saturated carbocycles. The van der Waals surface area contributed by atoms with Crippen LogP contribution in [0.3, 0.4) is 0 Å². The fourth-order valence-corrected chi connectivity index (χ4v) is 3.14. The van der Waals surface area contributed by atoms with Crippen molar-refractivity contribution in [1.29, 1.82) is 0 Å². The second kappa shape index (κ2) is 6.75. The van der Waals surface area contributed by atoms with E-state index in [-0.39, 0.29) is 12.5 Å². The summed E-state index contributed by atoms with van der Waals surface area (Å²) in [6.45, 7) is 3.04. The van der Waals surface area contributed by atoms with Gasteiger partial charge >= 0.3 is 0 Å². The van der Waals surface area contributed by atoms with Gasteiger partial charge in [-0.15, -0.1) is 0 Å². The van der Waals surface area contributed by atoms with Gasteiger partial charge in [-0.05, 0) is 30.5 Å². The Hall–Kier alpha value is -0.550. The minimum absolute atomic E-state index is 0.0349. The van der Waals surface area contributed by atoms with Crippen molar-refractivity contribution >= 4 is 43.5 Å². The number of halogens is 2. The van der Waals surface area contributed by atoms with Crippen molar-refractivity contribution in [3.05, 3.63) is 22.7 Å². The first-order valence-corrected chi connectivity index (χ1v) is 8.35. The van der Waals surface area contributed by atoms with Gasteiger partial charge in [0.1, 0.15) is 5.75 Å². The summed E-state index contributed by atoms with van der Waals surface area (Å²) < 4.78 is 6.43. The van der Waals surface area contributed by atoms with Crippen molar-refractivity contribution in [2.75, 3.05) is 23.4 Å². The van der Waals surface area contributed by atoms with Crippen LogP contribution >= 0.6 is 31.9 Å². The van der Waals surface area contributed by atoms with Gasteiger partial charge in [-0.25, -0.2) is 0 Å². The minimum Gasteiger partial charge on any atom is -0.482 e. The van der Waals surface area contributed by atoms with E-state index in [1.807, 2.05) is 23.1 Å². The van der Waals surface area contributed by atoms with Gasteiger partial charge in [-0.2, -0.15) is 0 Å². The van der Waals surface area contributed by atoms with Crippen LogP contribution in [0.2, 0.25) is 0 Å². The molecule has 1 heterocycles. The molecule has 0 spiro atoms. The second-order valence-electron chi connectivity index (χ2n) is 4.71. The van der Waals surface area contributed by atoms with Crippen molar-refractivity contribution in [2.45, 2.75) is 19.8 Å².